The van der Waals surface area contributed by atoms with Crippen molar-refractivity contribution in [2.75, 3.05) is 32.5 Å². The van der Waals surface area contributed by atoms with Crippen molar-refractivity contribution >= 4 is 17.8 Å². The molecule has 3 heterocycles. The molecule has 2 aromatic carbocycles. The molecule has 3 aliphatic rings. The standard InChI is InChI=1S/C28H29N5O2/c1-30-25-10-22(5-3-19(25)14-29)35-23-7-8-31-26(11-23)18-4-6-24-20(9-18)15-33(27(24)34)21-12-28(13-21)16-32(2)17-28/h3-11,14,21,29-30H,12-13,15-17H2,1-2H3. The predicted octanol–water partition coefficient (Wildman–Crippen LogP) is 4.63. The highest BCUT2D eigenvalue weighted by molar-refractivity contribution is 5.99. The van der Waals surface area contributed by atoms with Crippen molar-refractivity contribution in [3.8, 4) is 22.8 Å². The van der Waals surface area contributed by atoms with Crippen LogP contribution < -0.4 is 10.1 Å². The maximum absolute atomic E-state index is 13.1. The third-order valence-electron chi connectivity index (χ3n) is 7.64. The average Bonchev–Trinajstić information content (AvgIpc) is 3.15. The monoisotopic (exact) mass is 467 g/mol. The van der Waals surface area contributed by atoms with Gasteiger partial charge in [0.05, 0.1) is 5.69 Å². The number of amides is 1. The molecule has 1 amide bonds. The van der Waals surface area contributed by atoms with Crippen molar-refractivity contribution in [2.45, 2.75) is 25.4 Å². The first kappa shape index (κ1) is 21.8. The summed E-state index contributed by atoms with van der Waals surface area (Å²) in [6.07, 6.45) is 5.31. The van der Waals surface area contributed by atoms with Gasteiger partial charge in [-0.3, -0.25) is 9.78 Å². The normalized spacial score (nSPS) is 18.7. The summed E-state index contributed by atoms with van der Waals surface area (Å²) in [5.41, 5.74) is 5.77. The maximum Gasteiger partial charge on any atom is 0.254 e. The number of carbonyl (C=O) groups is 1. The molecule has 0 radical (unpaired) electrons. The Morgan fingerprint density at radius 2 is 1.91 bits per heavy atom. The van der Waals surface area contributed by atoms with Crippen molar-refractivity contribution in [3.63, 3.8) is 0 Å². The SMILES string of the molecule is CNc1cc(Oc2ccnc(-c3ccc4c(c3)CN(C3CC5(C3)CN(C)C5)C4=O)c2)ccc1C=N. The smallest absolute Gasteiger partial charge is 0.254 e. The molecule has 7 nitrogen and oxygen atoms in total. The van der Waals surface area contributed by atoms with E-state index in [-0.39, 0.29) is 5.91 Å². The summed E-state index contributed by atoms with van der Waals surface area (Å²) in [5, 5.41) is 10.6. The number of fused-ring (bicyclic) bond motifs is 1. The van der Waals surface area contributed by atoms with Crippen LogP contribution in [-0.4, -0.2) is 60.1 Å². The highest BCUT2D eigenvalue weighted by Crippen LogP contribution is 2.51. The fourth-order valence-electron chi connectivity index (χ4n) is 6.02. The quantitative estimate of drug-likeness (QED) is 0.517. The Kier molecular flexibility index (Phi) is 5.11. The highest BCUT2D eigenvalue weighted by Gasteiger charge is 2.54. The van der Waals surface area contributed by atoms with E-state index in [1.165, 1.54) is 6.21 Å². The van der Waals surface area contributed by atoms with Gasteiger partial charge in [0.25, 0.3) is 5.91 Å². The molecule has 0 unspecified atom stereocenters. The number of hydrogen-bond donors (Lipinski definition) is 2. The number of rotatable bonds is 6. The zero-order valence-corrected chi connectivity index (χ0v) is 20.0. The fourth-order valence-corrected chi connectivity index (χ4v) is 6.02. The lowest BCUT2D eigenvalue weighted by Crippen LogP contribution is -2.65. The van der Waals surface area contributed by atoms with Gasteiger partial charge in [0.2, 0.25) is 0 Å². The second kappa shape index (κ2) is 8.20. The van der Waals surface area contributed by atoms with E-state index in [9.17, 15) is 4.79 Å². The first-order valence-corrected chi connectivity index (χ1v) is 12.1. The molecule has 35 heavy (non-hydrogen) atoms. The zero-order chi connectivity index (χ0) is 24.2. The summed E-state index contributed by atoms with van der Waals surface area (Å²) in [4.78, 5) is 22.1. The molecule has 7 heteroatoms. The minimum absolute atomic E-state index is 0.165. The zero-order valence-electron chi connectivity index (χ0n) is 20.0. The summed E-state index contributed by atoms with van der Waals surface area (Å²) in [7, 11) is 3.99. The topological polar surface area (TPSA) is 81.6 Å². The third-order valence-corrected chi connectivity index (χ3v) is 7.64. The van der Waals surface area contributed by atoms with Crippen molar-refractivity contribution in [1.82, 2.24) is 14.8 Å². The lowest BCUT2D eigenvalue weighted by molar-refractivity contribution is -0.0905. The van der Waals surface area contributed by atoms with E-state index in [1.807, 2.05) is 49.5 Å². The molecule has 2 aliphatic heterocycles. The van der Waals surface area contributed by atoms with Crippen LogP contribution in [0.15, 0.2) is 54.7 Å². The molecular formula is C28H29N5O2. The van der Waals surface area contributed by atoms with Gasteiger partial charge >= 0.3 is 0 Å². The van der Waals surface area contributed by atoms with E-state index >= 15 is 0 Å². The molecule has 1 saturated carbocycles. The summed E-state index contributed by atoms with van der Waals surface area (Å²) in [5.74, 6) is 1.53. The molecule has 178 valence electrons. The Hall–Kier alpha value is -3.71. The average molecular weight is 468 g/mol. The Labute approximate surface area is 205 Å². The van der Waals surface area contributed by atoms with Gasteiger partial charge in [-0.2, -0.15) is 0 Å². The van der Waals surface area contributed by atoms with Crippen LogP contribution in [0.1, 0.15) is 34.3 Å². The van der Waals surface area contributed by atoms with Crippen LogP contribution in [0.4, 0.5) is 5.69 Å². The van der Waals surface area contributed by atoms with E-state index in [0.717, 1.165) is 59.6 Å². The molecule has 2 fully saturated rings. The molecule has 1 aliphatic carbocycles. The number of nitrogens with zero attached hydrogens (tertiary/aromatic N) is 3. The van der Waals surface area contributed by atoms with E-state index in [0.29, 0.717) is 29.5 Å². The summed E-state index contributed by atoms with van der Waals surface area (Å²) < 4.78 is 6.09. The first-order chi connectivity index (χ1) is 17.0. The fraction of sp³-hybridized carbons (Fsp3) is 0.321. The minimum atomic E-state index is 0.165. The number of nitrogens with one attached hydrogen (secondary N) is 2. The molecule has 2 N–H and O–H groups in total. The Morgan fingerprint density at radius 3 is 2.66 bits per heavy atom. The van der Waals surface area contributed by atoms with Crippen LogP contribution in [-0.2, 0) is 6.54 Å². The third kappa shape index (κ3) is 3.76. The van der Waals surface area contributed by atoms with Gasteiger partial charge in [-0.1, -0.05) is 6.07 Å². The number of benzene rings is 2. The van der Waals surface area contributed by atoms with Crippen molar-refractivity contribution in [3.05, 3.63) is 71.4 Å². The van der Waals surface area contributed by atoms with Crippen LogP contribution in [0, 0.1) is 10.8 Å². The molecular weight excluding hydrogens is 438 g/mol. The Balaban J connectivity index is 1.19. The van der Waals surface area contributed by atoms with Crippen LogP contribution in [0.25, 0.3) is 11.3 Å². The van der Waals surface area contributed by atoms with Gasteiger partial charge < -0.3 is 25.3 Å². The number of pyridine rings is 1. The van der Waals surface area contributed by atoms with Crippen LogP contribution in [0.3, 0.4) is 0 Å². The maximum atomic E-state index is 13.1. The number of carbonyl (C=O) groups excluding carboxylic acids is 1. The van der Waals surface area contributed by atoms with Crippen molar-refractivity contribution in [2.24, 2.45) is 5.41 Å². The van der Waals surface area contributed by atoms with Crippen LogP contribution in [0.5, 0.6) is 11.5 Å². The molecule has 0 atom stereocenters. The molecule has 1 aromatic heterocycles. The summed E-state index contributed by atoms with van der Waals surface area (Å²) >= 11 is 0. The number of hydrogen-bond acceptors (Lipinski definition) is 6. The largest absolute Gasteiger partial charge is 0.457 e. The Morgan fingerprint density at radius 1 is 1.11 bits per heavy atom. The van der Waals surface area contributed by atoms with Crippen molar-refractivity contribution < 1.29 is 9.53 Å². The van der Waals surface area contributed by atoms with E-state index in [4.69, 9.17) is 10.1 Å². The highest BCUT2D eigenvalue weighted by atomic mass is 16.5. The molecule has 1 spiro atoms. The number of aromatic nitrogens is 1. The van der Waals surface area contributed by atoms with E-state index in [2.05, 4.69) is 33.2 Å². The van der Waals surface area contributed by atoms with Gasteiger partial charge in [-0.25, -0.2) is 0 Å². The predicted molar refractivity (Wildman–Crippen MR) is 136 cm³/mol. The summed E-state index contributed by atoms with van der Waals surface area (Å²) in [6, 6.07) is 15.7. The van der Waals surface area contributed by atoms with E-state index < -0.39 is 0 Å². The van der Waals surface area contributed by atoms with Gasteiger partial charge in [0.1, 0.15) is 11.5 Å². The number of anilines is 1. The van der Waals surface area contributed by atoms with E-state index in [1.54, 1.807) is 6.20 Å². The minimum Gasteiger partial charge on any atom is -0.457 e. The van der Waals surface area contributed by atoms with Gasteiger partial charge in [-0.05, 0) is 61.2 Å². The lowest BCUT2D eigenvalue weighted by Gasteiger charge is -2.60. The molecule has 1 saturated heterocycles. The second-order valence-corrected chi connectivity index (χ2v) is 10.2. The van der Waals surface area contributed by atoms with Gasteiger partial charge in [-0.15, -0.1) is 0 Å². The number of likely N-dealkylation sites (tertiary alicyclic amines) is 1. The molecule has 3 aromatic rings. The molecule has 0 bridgehead atoms. The van der Waals surface area contributed by atoms with Gasteiger partial charge in [0, 0.05) is 79.6 Å². The van der Waals surface area contributed by atoms with Crippen LogP contribution >= 0.6 is 0 Å². The van der Waals surface area contributed by atoms with Crippen molar-refractivity contribution in [1.29, 1.82) is 5.41 Å². The molecule has 6 rings (SSSR count). The lowest BCUT2D eigenvalue weighted by atomic mass is 9.60. The first-order valence-electron chi connectivity index (χ1n) is 12.1. The second-order valence-electron chi connectivity index (χ2n) is 10.2. The van der Waals surface area contributed by atoms with Crippen LogP contribution in [0.2, 0.25) is 0 Å². The Bertz CT molecular complexity index is 1320. The van der Waals surface area contributed by atoms with Gasteiger partial charge in [0.15, 0.2) is 0 Å². The summed E-state index contributed by atoms with van der Waals surface area (Å²) in [6.45, 7) is 3.01. The number of ether oxygens (including phenoxy) is 1.